The molecule has 0 aromatic heterocycles. The largest absolute Gasteiger partial charge is 0.480 e. The average Bonchev–Trinajstić information content (AvgIpc) is 2.66. The van der Waals surface area contributed by atoms with Gasteiger partial charge in [-0.15, -0.1) is 0 Å². The number of hydrogen-bond acceptors (Lipinski definition) is 3. The van der Waals surface area contributed by atoms with Crippen LogP contribution >= 0.6 is 0 Å². The Morgan fingerprint density at radius 1 is 1.32 bits per heavy atom. The predicted molar refractivity (Wildman–Crippen MR) is 68.9 cm³/mol. The van der Waals surface area contributed by atoms with E-state index < -0.39 is 12.0 Å². The first kappa shape index (κ1) is 14.1. The summed E-state index contributed by atoms with van der Waals surface area (Å²) in [4.78, 5) is 24.9. The van der Waals surface area contributed by atoms with Gasteiger partial charge in [-0.2, -0.15) is 0 Å². The molecule has 6 heteroatoms. The summed E-state index contributed by atoms with van der Waals surface area (Å²) in [6.45, 7) is 5.01. The fourth-order valence-electron chi connectivity index (χ4n) is 2.71. The molecule has 0 aromatic carbocycles. The van der Waals surface area contributed by atoms with Gasteiger partial charge >= 0.3 is 12.0 Å². The molecule has 2 bridgehead atoms. The number of fused-ring (bicyclic) bond motifs is 2. The molecule has 0 aromatic rings. The standard InChI is InChI=1S/C13H22N2O4/c1-8(2)5-11(12(16)17)14-13(18)15-6-9-3-4-10(7-15)19-9/h8-11H,3-7H2,1-2H3,(H,14,18)(H,16,17)/t9?,10?,11-/m0/s1. The third-order valence-electron chi connectivity index (χ3n) is 3.63. The van der Waals surface area contributed by atoms with Crippen molar-refractivity contribution in [1.29, 1.82) is 0 Å². The number of nitrogens with one attached hydrogen (secondary N) is 1. The summed E-state index contributed by atoms with van der Waals surface area (Å²) in [5.74, 6) is -0.749. The third-order valence-corrected chi connectivity index (χ3v) is 3.63. The van der Waals surface area contributed by atoms with E-state index in [2.05, 4.69) is 5.32 Å². The second-order valence-corrected chi connectivity index (χ2v) is 5.83. The van der Waals surface area contributed by atoms with Crippen molar-refractivity contribution >= 4 is 12.0 Å². The SMILES string of the molecule is CC(C)C[C@H](NC(=O)N1CC2CCC(C1)O2)C(=O)O. The second kappa shape index (κ2) is 5.77. The molecule has 0 aliphatic carbocycles. The van der Waals surface area contributed by atoms with Gasteiger partial charge in [0.1, 0.15) is 6.04 Å². The van der Waals surface area contributed by atoms with Crippen LogP contribution in [-0.2, 0) is 9.53 Å². The van der Waals surface area contributed by atoms with Crippen LogP contribution in [0, 0.1) is 5.92 Å². The van der Waals surface area contributed by atoms with E-state index in [1.165, 1.54) is 0 Å². The molecule has 6 nitrogen and oxygen atoms in total. The smallest absolute Gasteiger partial charge is 0.326 e. The van der Waals surface area contributed by atoms with Crippen LogP contribution in [-0.4, -0.2) is 53.3 Å². The summed E-state index contributed by atoms with van der Waals surface area (Å²) >= 11 is 0. The Hall–Kier alpha value is -1.30. The van der Waals surface area contributed by atoms with Crippen LogP contribution in [0.1, 0.15) is 33.1 Å². The molecular weight excluding hydrogens is 248 g/mol. The summed E-state index contributed by atoms with van der Waals surface area (Å²) in [5.41, 5.74) is 0. The fourth-order valence-corrected chi connectivity index (χ4v) is 2.71. The number of carbonyl (C=O) groups excluding carboxylic acids is 1. The first-order chi connectivity index (χ1) is 8.95. The number of likely N-dealkylation sites (tertiary alicyclic amines) is 1. The van der Waals surface area contributed by atoms with Crippen molar-refractivity contribution in [1.82, 2.24) is 10.2 Å². The molecule has 2 N–H and O–H groups in total. The Morgan fingerprint density at radius 3 is 2.37 bits per heavy atom. The van der Waals surface area contributed by atoms with Gasteiger partial charge in [-0.25, -0.2) is 9.59 Å². The number of carbonyl (C=O) groups is 2. The summed E-state index contributed by atoms with van der Waals surface area (Å²) in [7, 11) is 0. The molecule has 2 aliphatic heterocycles. The zero-order valence-corrected chi connectivity index (χ0v) is 11.5. The summed E-state index contributed by atoms with van der Waals surface area (Å²) in [6, 6.07) is -1.10. The van der Waals surface area contributed by atoms with Crippen molar-refractivity contribution in [2.75, 3.05) is 13.1 Å². The maximum atomic E-state index is 12.1. The molecular formula is C13H22N2O4. The van der Waals surface area contributed by atoms with Gasteiger partial charge in [0.2, 0.25) is 0 Å². The number of ether oxygens (including phenoxy) is 1. The molecule has 19 heavy (non-hydrogen) atoms. The molecule has 2 fully saturated rings. The number of urea groups is 1. The Bertz CT molecular complexity index is 347. The summed E-state index contributed by atoms with van der Waals surface area (Å²) < 4.78 is 5.66. The van der Waals surface area contributed by atoms with Crippen LogP contribution in [0.3, 0.4) is 0 Å². The number of nitrogens with zero attached hydrogens (tertiary/aromatic N) is 1. The molecule has 2 amide bonds. The highest BCUT2D eigenvalue weighted by molar-refractivity contribution is 5.82. The Balaban J connectivity index is 1.90. The van der Waals surface area contributed by atoms with Crippen LogP contribution in [0.25, 0.3) is 0 Å². The maximum absolute atomic E-state index is 12.1. The van der Waals surface area contributed by atoms with Gasteiger partial charge in [-0.05, 0) is 25.2 Å². The fraction of sp³-hybridized carbons (Fsp3) is 0.846. The van der Waals surface area contributed by atoms with E-state index in [0.717, 1.165) is 12.8 Å². The van der Waals surface area contributed by atoms with E-state index in [9.17, 15) is 9.59 Å². The Labute approximate surface area is 113 Å². The van der Waals surface area contributed by atoms with Crippen LogP contribution in [0.2, 0.25) is 0 Å². The van der Waals surface area contributed by atoms with Gasteiger partial charge in [0.15, 0.2) is 0 Å². The van der Waals surface area contributed by atoms with E-state index in [-0.39, 0.29) is 24.2 Å². The maximum Gasteiger partial charge on any atom is 0.326 e. The highest BCUT2D eigenvalue weighted by Gasteiger charge is 2.36. The van der Waals surface area contributed by atoms with Gasteiger partial charge in [0.25, 0.3) is 0 Å². The summed E-state index contributed by atoms with van der Waals surface area (Å²) in [5, 5.41) is 11.7. The van der Waals surface area contributed by atoms with Crippen LogP contribution in [0.5, 0.6) is 0 Å². The van der Waals surface area contributed by atoms with Crippen molar-refractivity contribution in [3.63, 3.8) is 0 Å². The molecule has 0 spiro atoms. The molecule has 2 unspecified atom stereocenters. The number of carboxylic acid groups (broad SMARTS) is 1. The number of aliphatic carboxylic acids is 1. The molecule has 3 atom stereocenters. The zero-order chi connectivity index (χ0) is 14.0. The Morgan fingerprint density at radius 2 is 1.89 bits per heavy atom. The minimum Gasteiger partial charge on any atom is -0.480 e. The van der Waals surface area contributed by atoms with E-state index >= 15 is 0 Å². The quantitative estimate of drug-likeness (QED) is 0.800. The minimum atomic E-state index is -0.974. The predicted octanol–water partition coefficient (Wildman–Crippen LogP) is 1.06. The number of carboxylic acids is 1. The normalized spacial score (nSPS) is 27.4. The monoisotopic (exact) mass is 270 g/mol. The van der Waals surface area contributed by atoms with E-state index in [0.29, 0.717) is 19.5 Å². The molecule has 2 heterocycles. The molecule has 2 saturated heterocycles. The van der Waals surface area contributed by atoms with Gasteiger partial charge in [0.05, 0.1) is 12.2 Å². The highest BCUT2D eigenvalue weighted by atomic mass is 16.5. The number of amides is 2. The van der Waals surface area contributed by atoms with Gasteiger partial charge in [0, 0.05) is 13.1 Å². The van der Waals surface area contributed by atoms with Crippen molar-refractivity contribution in [2.45, 2.75) is 51.4 Å². The van der Waals surface area contributed by atoms with Crippen LogP contribution < -0.4 is 5.32 Å². The van der Waals surface area contributed by atoms with Crippen molar-refractivity contribution < 1.29 is 19.4 Å². The molecule has 2 aliphatic rings. The van der Waals surface area contributed by atoms with Crippen molar-refractivity contribution in [3.8, 4) is 0 Å². The van der Waals surface area contributed by atoms with Crippen LogP contribution in [0.15, 0.2) is 0 Å². The van der Waals surface area contributed by atoms with E-state index in [4.69, 9.17) is 9.84 Å². The van der Waals surface area contributed by atoms with Crippen molar-refractivity contribution in [2.24, 2.45) is 5.92 Å². The van der Waals surface area contributed by atoms with Gasteiger partial charge < -0.3 is 20.1 Å². The molecule has 0 radical (unpaired) electrons. The van der Waals surface area contributed by atoms with Crippen molar-refractivity contribution in [3.05, 3.63) is 0 Å². The number of morpholine rings is 1. The average molecular weight is 270 g/mol. The zero-order valence-electron chi connectivity index (χ0n) is 11.5. The van der Waals surface area contributed by atoms with Gasteiger partial charge in [-0.1, -0.05) is 13.8 Å². The van der Waals surface area contributed by atoms with Gasteiger partial charge in [-0.3, -0.25) is 0 Å². The number of rotatable bonds is 4. The second-order valence-electron chi connectivity index (χ2n) is 5.83. The van der Waals surface area contributed by atoms with E-state index in [1.807, 2.05) is 13.8 Å². The number of hydrogen-bond donors (Lipinski definition) is 2. The third kappa shape index (κ3) is 3.59. The Kier molecular flexibility index (Phi) is 4.29. The van der Waals surface area contributed by atoms with E-state index in [1.54, 1.807) is 4.90 Å². The lowest BCUT2D eigenvalue weighted by molar-refractivity contribution is -0.139. The first-order valence-electron chi connectivity index (χ1n) is 6.89. The molecule has 108 valence electrons. The lowest BCUT2D eigenvalue weighted by Gasteiger charge is -2.33. The lowest BCUT2D eigenvalue weighted by Crippen LogP contribution is -2.53. The summed E-state index contributed by atoms with van der Waals surface area (Å²) in [6.07, 6.45) is 2.67. The minimum absolute atomic E-state index is 0.123. The lowest BCUT2D eigenvalue weighted by atomic mass is 10.0. The highest BCUT2D eigenvalue weighted by Crippen LogP contribution is 2.26. The van der Waals surface area contributed by atoms with Crippen LogP contribution in [0.4, 0.5) is 4.79 Å². The topological polar surface area (TPSA) is 78.9 Å². The molecule has 2 rings (SSSR count). The first-order valence-corrected chi connectivity index (χ1v) is 6.89. The molecule has 0 saturated carbocycles.